The van der Waals surface area contributed by atoms with Crippen LogP contribution in [-0.2, 0) is 10.3 Å². The maximum atomic E-state index is 5.85. The van der Waals surface area contributed by atoms with Gasteiger partial charge >= 0.3 is 0 Å². The molecule has 2 fully saturated rings. The molecule has 1 aromatic heterocycles. The van der Waals surface area contributed by atoms with E-state index in [2.05, 4.69) is 22.4 Å². The summed E-state index contributed by atoms with van der Waals surface area (Å²) in [4.78, 5) is 4.59. The predicted octanol–water partition coefficient (Wildman–Crippen LogP) is 1.95. The number of hydrogen-bond acceptors (Lipinski definition) is 5. The molecule has 1 N–H and O–H groups in total. The van der Waals surface area contributed by atoms with Gasteiger partial charge in [-0.25, -0.2) is 0 Å². The second-order valence-corrected chi connectivity index (χ2v) is 5.54. The Morgan fingerprint density at radius 1 is 1.33 bits per heavy atom. The third kappa shape index (κ3) is 2.29. The van der Waals surface area contributed by atoms with E-state index in [-0.39, 0.29) is 5.60 Å². The molecular formula is C13H21N3O2. The van der Waals surface area contributed by atoms with Gasteiger partial charge in [-0.3, -0.25) is 0 Å². The normalized spacial score (nSPS) is 33.5. The van der Waals surface area contributed by atoms with E-state index in [0.29, 0.717) is 5.92 Å². The largest absolute Gasteiger partial charge is 0.367 e. The van der Waals surface area contributed by atoms with Gasteiger partial charge in [0, 0.05) is 13.2 Å². The van der Waals surface area contributed by atoms with Crippen LogP contribution >= 0.6 is 0 Å². The van der Waals surface area contributed by atoms with Gasteiger partial charge < -0.3 is 14.6 Å². The molecule has 0 aromatic carbocycles. The minimum absolute atomic E-state index is 0.345. The number of nitrogens with zero attached hydrogens (tertiary/aromatic N) is 2. The van der Waals surface area contributed by atoms with Crippen molar-refractivity contribution in [3.8, 4) is 0 Å². The van der Waals surface area contributed by atoms with E-state index < -0.39 is 0 Å². The zero-order valence-electron chi connectivity index (χ0n) is 10.9. The molecule has 0 radical (unpaired) electrons. The minimum Gasteiger partial charge on any atom is -0.367 e. The molecule has 100 valence electrons. The molecule has 3 rings (SSSR count). The summed E-state index contributed by atoms with van der Waals surface area (Å²) >= 11 is 0. The second-order valence-electron chi connectivity index (χ2n) is 5.54. The quantitative estimate of drug-likeness (QED) is 0.870. The third-order valence-corrected chi connectivity index (χ3v) is 4.03. The summed E-state index contributed by atoms with van der Waals surface area (Å²) in [6.45, 7) is 4.91. The monoisotopic (exact) mass is 251 g/mol. The van der Waals surface area contributed by atoms with E-state index in [0.717, 1.165) is 50.7 Å². The molecule has 2 saturated heterocycles. The van der Waals surface area contributed by atoms with E-state index in [9.17, 15) is 0 Å². The number of piperidine rings is 1. The number of aromatic nitrogens is 2. The average Bonchev–Trinajstić information content (AvgIpc) is 2.91. The van der Waals surface area contributed by atoms with Crippen molar-refractivity contribution in [2.45, 2.75) is 50.5 Å². The molecule has 5 heteroatoms. The molecule has 1 unspecified atom stereocenters. The first kappa shape index (κ1) is 12.1. The van der Waals surface area contributed by atoms with E-state index >= 15 is 0 Å². The van der Waals surface area contributed by atoms with Crippen molar-refractivity contribution < 1.29 is 9.26 Å². The average molecular weight is 251 g/mol. The Kier molecular flexibility index (Phi) is 3.35. The fraction of sp³-hybridized carbons (Fsp3) is 0.846. The zero-order chi connectivity index (χ0) is 12.4. The highest BCUT2D eigenvalue weighted by molar-refractivity contribution is 5.04. The Labute approximate surface area is 107 Å². The number of nitrogens with one attached hydrogen (secondary N) is 1. The summed E-state index contributed by atoms with van der Waals surface area (Å²) in [6.07, 6.45) is 5.59. The molecule has 5 nitrogen and oxygen atoms in total. The third-order valence-electron chi connectivity index (χ3n) is 4.03. The minimum atomic E-state index is -0.345. The van der Waals surface area contributed by atoms with Gasteiger partial charge in [-0.15, -0.1) is 0 Å². The summed E-state index contributed by atoms with van der Waals surface area (Å²) in [6, 6.07) is 0. The van der Waals surface area contributed by atoms with Gasteiger partial charge in [-0.2, -0.15) is 4.98 Å². The van der Waals surface area contributed by atoms with Crippen LogP contribution in [0.15, 0.2) is 4.52 Å². The van der Waals surface area contributed by atoms with Crippen molar-refractivity contribution in [3.63, 3.8) is 0 Å². The molecule has 18 heavy (non-hydrogen) atoms. The van der Waals surface area contributed by atoms with Crippen LogP contribution in [0.1, 0.15) is 56.7 Å². The van der Waals surface area contributed by atoms with Crippen LogP contribution in [0.3, 0.4) is 0 Å². The standard InChI is InChI=1S/C13H21N3O2/c1-13(6-2-3-8-17-13)12-15-11(18-16-12)10-5-4-7-14-9-10/h10,14H,2-9H2,1H3/t10-,13?/m1/s1. The van der Waals surface area contributed by atoms with E-state index in [1.165, 1.54) is 12.8 Å². The molecule has 0 aliphatic carbocycles. The lowest BCUT2D eigenvalue weighted by Crippen LogP contribution is -2.32. The van der Waals surface area contributed by atoms with Crippen LogP contribution in [0, 0.1) is 0 Å². The Morgan fingerprint density at radius 3 is 3.00 bits per heavy atom. The molecule has 0 amide bonds. The molecule has 0 saturated carbocycles. The van der Waals surface area contributed by atoms with Crippen molar-refractivity contribution in [2.24, 2.45) is 0 Å². The number of hydrogen-bond donors (Lipinski definition) is 1. The number of ether oxygens (including phenoxy) is 1. The summed E-state index contributed by atoms with van der Waals surface area (Å²) < 4.78 is 11.3. The summed E-state index contributed by atoms with van der Waals surface area (Å²) in [7, 11) is 0. The first-order valence-electron chi connectivity index (χ1n) is 6.97. The Hall–Kier alpha value is -0.940. The van der Waals surface area contributed by atoms with Crippen molar-refractivity contribution in [1.82, 2.24) is 15.5 Å². The molecule has 2 atom stereocenters. The van der Waals surface area contributed by atoms with Gasteiger partial charge in [0.05, 0.1) is 5.92 Å². The SMILES string of the molecule is CC1(c2noc([C@@H]3CCCNC3)n2)CCCCO1. The fourth-order valence-electron chi connectivity index (χ4n) is 2.79. The summed E-state index contributed by atoms with van der Waals surface area (Å²) in [5, 5.41) is 7.52. The van der Waals surface area contributed by atoms with E-state index in [1.54, 1.807) is 0 Å². The first-order valence-corrected chi connectivity index (χ1v) is 6.97. The summed E-state index contributed by atoms with van der Waals surface area (Å²) in [5.74, 6) is 1.86. The topological polar surface area (TPSA) is 60.2 Å². The van der Waals surface area contributed by atoms with Crippen LogP contribution in [0.4, 0.5) is 0 Å². The van der Waals surface area contributed by atoms with Crippen LogP contribution in [-0.4, -0.2) is 29.8 Å². The lowest BCUT2D eigenvalue weighted by atomic mass is 9.95. The lowest BCUT2D eigenvalue weighted by Gasteiger charge is -2.30. The van der Waals surface area contributed by atoms with Gasteiger partial charge in [0.2, 0.25) is 11.7 Å². The van der Waals surface area contributed by atoms with Gasteiger partial charge in [-0.1, -0.05) is 5.16 Å². The second kappa shape index (κ2) is 4.97. The highest BCUT2D eigenvalue weighted by Gasteiger charge is 2.35. The van der Waals surface area contributed by atoms with Crippen LogP contribution in [0.25, 0.3) is 0 Å². The molecule has 3 heterocycles. The Morgan fingerprint density at radius 2 is 2.28 bits per heavy atom. The summed E-state index contributed by atoms with van der Waals surface area (Å²) in [5.41, 5.74) is -0.345. The van der Waals surface area contributed by atoms with Crippen LogP contribution in [0.5, 0.6) is 0 Å². The van der Waals surface area contributed by atoms with Crippen molar-refractivity contribution in [1.29, 1.82) is 0 Å². The van der Waals surface area contributed by atoms with Crippen molar-refractivity contribution >= 4 is 0 Å². The zero-order valence-corrected chi connectivity index (χ0v) is 10.9. The fourth-order valence-corrected chi connectivity index (χ4v) is 2.79. The van der Waals surface area contributed by atoms with Gasteiger partial charge in [0.1, 0.15) is 5.60 Å². The van der Waals surface area contributed by atoms with Crippen molar-refractivity contribution in [3.05, 3.63) is 11.7 Å². The van der Waals surface area contributed by atoms with Gasteiger partial charge in [-0.05, 0) is 45.6 Å². The Bertz CT molecular complexity index is 393. The highest BCUT2D eigenvalue weighted by atomic mass is 16.5. The van der Waals surface area contributed by atoms with Gasteiger partial charge in [0.15, 0.2) is 0 Å². The molecular weight excluding hydrogens is 230 g/mol. The van der Waals surface area contributed by atoms with Crippen LogP contribution in [0.2, 0.25) is 0 Å². The maximum Gasteiger partial charge on any atom is 0.231 e. The first-order chi connectivity index (χ1) is 8.78. The molecule has 1 aromatic rings. The molecule has 2 aliphatic heterocycles. The molecule has 2 aliphatic rings. The smallest absolute Gasteiger partial charge is 0.231 e. The van der Waals surface area contributed by atoms with Crippen molar-refractivity contribution in [2.75, 3.05) is 19.7 Å². The predicted molar refractivity (Wildman–Crippen MR) is 66.3 cm³/mol. The van der Waals surface area contributed by atoms with Crippen LogP contribution < -0.4 is 5.32 Å². The lowest BCUT2D eigenvalue weighted by molar-refractivity contribution is -0.0770. The molecule has 0 spiro atoms. The number of rotatable bonds is 2. The van der Waals surface area contributed by atoms with E-state index in [1.807, 2.05) is 0 Å². The highest BCUT2D eigenvalue weighted by Crippen LogP contribution is 2.33. The van der Waals surface area contributed by atoms with E-state index in [4.69, 9.17) is 9.26 Å². The Balaban J connectivity index is 1.75. The van der Waals surface area contributed by atoms with Gasteiger partial charge in [0.25, 0.3) is 0 Å². The molecule has 0 bridgehead atoms. The maximum absolute atomic E-state index is 5.85.